The summed E-state index contributed by atoms with van der Waals surface area (Å²) in [5.74, 6) is 1.58. The summed E-state index contributed by atoms with van der Waals surface area (Å²) >= 11 is 0. The van der Waals surface area contributed by atoms with Crippen LogP contribution in [0.4, 0.5) is 5.69 Å². The molecule has 1 aromatic carbocycles. The lowest BCUT2D eigenvalue weighted by Crippen LogP contribution is -2.51. The summed E-state index contributed by atoms with van der Waals surface area (Å²) < 4.78 is 5.35. The highest BCUT2D eigenvalue weighted by Gasteiger charge is 2.21. The number of nitrogens with one attached hydrogen (secondary N) is 2. The van der Waals surface area contributed by atoms with E-state index in [1.807, 2.05) is 12.1 Å². The Hall–Kier alpha value is -1.71. The number of carbonyl (C=O) groups excluding carboxylic acids is 1. The smallest absolute Gasteiger partial charge is 0.243 e. The fourth-order valence-electron chi connectivity index (χ4n) is 3.01. The zero-order chi connectivity index (χ0) is 19.6. The zero-order valence-electron chi connectivity index (χ0n) is 17.4. The first-order valence-corrected chi connectivity index (χ1v) is 9.67. The van der Waals surface area contributed by atoms with Crippen molar-refractivity contribution in [3.63, 3.8) is 0 Å². The summed E-state index contributed by atoms with van der Waals surface area (Å²) in [5.41, 5.74) is 1.17. The molecule has 158 valence electrons. The van der Waals surface area contributed by atoms with Crippen molar-refractivity contribution in [3.05, 3.63) is 24.3 Å². The van der Waals surface area contributed by atoms with Gasteiger partial charge in [-0.3, -0.25) is 4.79 Å². The molecule has 1 fully saturated rings. The molecule has 1 amide bonds. The number of likely N-dealkylation sites (N-methyl/N-ethyl adjacent to an activating group) is 1. The highest BCUT2D eigenvalue weighted by molar-refractivity contribution is 14.0. The Bertz CT molecular complexity index is 639. The van der Waals surface area contributed by atoms with Gasteiger partial charge < -0.3 is 25.2 Å². The summed E-state index contributed by atoms with van der Waals surface area (Å²) in [5, 5.41) is 6.82. The number of amides is 1. The van der Waals surface area contributed by atoms with Crippen LogP contribution in [0.3, 0.4) is 0 Å². The van der Waals surface area contributed by atoms with E-state index in [1.54, 1.807) is 26.1 Å². The molecule has 1 aromatic rings. The van der Waals surface area contributed by atoms with E-state index in [9.17, 15) is 4.79 Å². The van der Waals surface area contributed by atoms with E-state index >= 15 is 0 Å². The molecule has 28 heavy (non-hydrogen) atoms. The molecule has 1 aliphatic rings. The quantitative estimate of drug-likeness (QED) is 0.340. The van der Waals surface area contributed by atoms with Gasteiger partial charge in [0.2, 0.25) is 5.91 Å². The second-order valence-electron chi connectivity index (χ2n) is 7.01. The van der Waals surface area contributed by atoms with Crippen LogP contribution in [0.2, 0.25) is 0 Å². The predicted molar refractivity (Wildman–Crippen MR) is 126 cm³/mol. The number of piperidine rings is 1. The third-order valence-corrected chi connectivity index (χ3v) is 4.59. The molecule has 0 aliphatic carbocycles. The summed E-state index contributed by atoms with van der Waals surface area (Å²) in [6.07, 6.45) is 3.18. The molecule has 0 spiro atoms. The first-order valence-electron chi connectivity index (χ1n) is 9.67. The number of guanidine groups is 1. The average Bonchev–Trinajstić information content (AvgIpc) is 2.69. The third kappa shape index (κ3) is 7.73. The van der Waals surface area contributed by atoms with Gasteiger partial charge in [-0.05, 0) is 31.4 Å². The Morgan fingerprint density at radius 1 is 1.39 bits per heavy atom. The Morgan fingerprint density at radius 3 is 2.86 bits per heavy atom. The Morgan fingerprint density at radius 2 is 2.18 bits per heavy atom. The van der Waals surface area contributed by atoms with Crippen molar-refractivity contribution in [1.82, 2.24) is 15.5 Å². The highest BCUT2D eigenvalue weighted by Crippen LogP contribution is 2.24. The Labute approximate surface area is 185 Å². The van der Waals surface area contributed by atoms with E-state index < -0.39 is 0 Å². The maximum absolute atomic E-state index is 11.9. The molecule has 7 nitrogen and oxygen atoms in total. The van der Waals surface area contributed by atoms with E-state index in [0.29, 0.717) is 5.96 Å². The van der Waals surface area contributed by atoms with E-state index in [-0.39, 0.29) is 42.5 Å². The first-order chi connectivity index (χ1) is 13.0. The van der Waals surface area contributed by atoms with Crippen LogP contribution < -0.4 is 20.3 Å². The normalized spacial score (nSPS) is 16.8. The molecular formula is C20H34IN5O2. The number of hydrogen-bond donors (Lipinski definition) is 2. The summed E-state index contributed by atoms with van der Waals surface area (Å²) in [6.45, 7) is 5.01. The Kier molecular flexibility index (Phi) is 11.0. The van der Waals surface area contributed by atoms with Crippen molar-refractivity contribution in [2.24, 2.45) is 4.99 Å². The third-order valence-electron chi connectivity index (χ3n) is 4.59. The minimum atomic E-state index is -0.00532. The number of anilines is 1. The Balaban J connectivity index is 0.00000392. The number of carbonyl (C=O) groups is 1. The molecule has 1 saturated heterocycles. The standard InChI is InChI=1S/C20H33N5O2.HI/c1-5-11-21-20(22-14-19(26)24(2)3)23-16-8-7-12-25(15-16)17-9-6-10-18(13-17)27-4;/h6,9-10,13,16H,5,7-8,11-12,14-15H2,1-4H3,(H2,21,22,23);1H. The van der Waals surface area contributed by atoms with Crippen molar-refractivity contribution in [2.75, 3.05) is 52.3 Å². The number of benzene rings is 1. The maximum atomic E-state index is 11.9. The lowest BCUT2D eigenvalue weighted by Gasteiger charge is -2.35. The average molecular weight is 503 g/mol. The molecule has 0 radical (unpaired) electrons. The van der Waals surface area contributed by atoms with Gasteiger partial charge in [-0.2, -0.15) is 0 Å². The lowest BCUT2D eigenvalue weighted by atomic mass is 10.0. The monoisotopic (exact) mass is 503 g/mol. The van der Waals surface area contributed by atoms with Gasteiger partial charge in [0.25, 0.3) is 0 Å². The largest absolute Gasteiger partial charge is 0.497 e. The number of ether oxygens (including phenoxy) is 1. The minimum absolute atomic E-state index is 0. The van der Waals surface area contributed by atoms with Crippen molar-refractivity contribution in [2.45, 2.75) is 32.2 Å². The van der Waals surface area contributed by atoms with Crippen LogP contribution in [0.15, 0.2) is 29.3 Å². The van der Waals surface area contributed by atoms with Crippen LogP contribution in [0.5, 0.6) is 5.75 Å². The summed E-state index contributed by atoms with van der Waals surface area (Å²) in [7, 11) is 5.19. The maximum Gasteiger partial charge on any atom is 0.243 e. The zero-order valence-corrected chi connectivity index (χ0v) is 19.7. The van der Waals surface area contributed by atoms with Crippen LogP contribution >= 0.6 is 24.0 Å². The van der Waals surface area contributed by atoms with Gasteiger partial charge in [-0.15, -0.1) is 24.0 Å². The van der Waals surface area contributed by atoms with Crippen LogP contribution in [0, 0.1) is 0 Å². The van der Waals surface area contributed by atoms with E-state index in [4.69, 9.17) is 4.74 Å². The fourth-order valence-corrected chi connectivity index (χ4v) is 3.01. The molecule has 1 heterocycles. The SMILES string of the molecule is CCCNC(=NCC(=O)N(C)C)NC1CCCN(c2cccc(OC)c2)C1.I. The summed E-state index contributed by atoms with van der Waals surface area (Å²) in [4.78, 5) is 20.2. The van der Waals surface area contributed by atoms with Gasteiger partial charge in [0, 0.05) is 51.5 Å². The van der Waals surface area contributed by atoms with Crippen molar-refractivity contribution in [1.29, 1.82) is 0 Å². The molecule has 2 N–H and O–H groups in total. The van der Waals surface area contributed by atoms with Crippen molar-refractivity contribution in [3.8, 4) is 5.75 Å². The molecule has 0 aromatic heterocycles. The number of methoxy groups -OCH3 is 1. The number of rotatable bonds is 7. The van der Waals surface area contributed by atoms with Crippen LogP contribution in [-0.4, -0.2) is 70.2 Å². The molecule has 0 bridgehead atoms. The van der Waals surface area contributed by atoms with E-state index in [1.165, 1.54) is 5.69 Å². The molecule has 1 aliphatic heterocycles. The number of nitrogens with zero attached hydrogens (tertiary/aromatic N) is 3. The van der Waals surface area contributed by atoms with E-state index in [2.05, 4.69) is 39.6 Å². The second kappa shape index (κ2) is 12.7. The molecule has 1 unspecified atom stereocenters. The molecule has 1 atom stereocenters. The lowest BCUT2D eigenvalue weighted by molar-refractivity contribution is -0.127. The predicted octanol–water partition coefficient (Wildman–Crippen LogP) is 2.32. The van der Waals surface area contributed by atoms with Crippen LogP contribution in [0.1, 0.15) is 26.2 Å². The van der Waals surface area contributed by atoms with Gasteiger partial charge >= 0.3 is 0 Å². The highest BCUT2D eigenvalue weighted by atomic mass is 127. The minimum Gasteiger partial charge on any atom is -0.497 e. The molecule has 8 heteroatoms. The van der Waals surface area contributed by atoms with Gasteiger partial charge in [0.05, 0.1) is 7.11 Å². The van der Waals surface area contributed by atoms with Gasteiger partial charge in [0.15, 0.2) is 5.96 Å². The van der Waals surface area contributed by atoms with Crippen molar-refractivity contribution < 1.29 is 9.53 Å². The summed E-state index contributed by atoms with van der Waals surface area (Å²) in [6, 6.07) is 8.45. The van der Waals surface area contributed by atoms with Gasteiger partial charge in [-0.1, -0.05) is 13.0 Å². The number of aliphatic imine (C=N–C) groups is 1. The molecule has 0 saturated carbocycles. The van der Waals surface area contributed by atoms with Crippen LogP contribution in [0.25, 0.3) is 0 Å². The number of hydrogen-bond acceptors (Lipinski definition) is 4. The molecule has 2 rings (SSSR count). The van der Waals surface area contributed by atoms with Crippen molar-refractivity contribution >= 4 is 41.5 Å². The topological polar surface area (TPSA) is 69.2 Å². The van der Waals surface area contributed by atoms with E-state index in [0.717, 1.165) is 44.6 Å². The molecular weight excluding hydrogens is 469 g/mol. The second-order valence-corrected chi connectivity index (χ2v) is 7.01. The van der Waals surface area contributed by atoms with Crippen LogP contribution in [-0.2, 0) is 4.79 Å². The number of halogens is 1. The van der Waals surface area contributed by atoms with Gasteiger partial charge in [-0.25, -0.2) is 4.99 Å². The fraction of sp³-hybridized carbons (Fsp3) is 0.600. The first kappa shape index (κ1) is 24.3. The van der Waals surface area contributed by atoms with Gasteiger partial charge in [0.1, 0.15) is 12.3 Å².